The van der Waals surface area contributed by atoms with Crippen LogP contribution in [0.4, 0.5) is 0 Å². The number of pyridine rings is 1. The molecule has 0 saturated heterocycles. The topological polar surface area (TPSA) is 57.1 Å². The van der Waals surface area contributed by atoms with Crippen molar-refractivity contribution in [1.82, 2.24) is 15.0 Å². The molecule has 0 atom stereocenters. The van der Waals surface area contributed by atoms with Crippen LogP contribution in [-0.4, -0.2) is 29.2 Å². The quantitative estimate of drug-likeness (QED) is 0.688. The Hall–Kier alpha value is -2.37. The summed E-state index contributed by atoms with van der Waals surface area (Å²) in [5.41, 5.74) is 2.31. The fourth-order valence-corrected chi connectivity index (χ4v) is 2.16. The summed E-state index contributed by atoms with van der Waals surface area (Å²) in [6.45, 7) is 0. The zero-order valence-electron chi connectivity index (χ0n) is 11.9. The number of ether oxygens (including phenoxy) is 2. The van der Waals surface area contributed by atoms with Gasteiger partial charge in [-0.3, -0.25) is 0 Å². The van der Waals surface area contributed by atoms with Crippen molar-refractivity contribution in [3.8, 4) is 11.5 Å². The number of benzene rings is 1. The molecule has 2 heterocycles. The van der Waals surface area contributed by atoms with Crippen molar-refractivity contribution in [2.75, 3.05) is 14.2 Å². The monoisotopic (exact) mass is 281 g/mol. The second kappa shape index (κ2) is 5.95. The van der Waals surface area contributed by atoms with E-state index in [1.165, 1.54) is 0 Å². The van der Waals surface area contributed by atoms with Gasteiger partial charge in [0, 0.05) is 25.8 Å². The molecular formula is C16H15N3O2. The van der Waals surface area contributed by atoms with E-state index in [1.807, 2.05) is 36.4 Å². The Balaban J connectivity index is 2.03. The summed E-state index contributed by atoms with van der Waals surface area (Å²) < 4.78 is 10.4. The standard InChI is InChI=1S/C16H15N3O2/c1-20-16(21-2)14-9-10-17-15(19-14)13-8-7-11-5-3-4-6-12(11)18-13/h3-10,16H,1-2H3. The highest BCUT2D eigenvalue weighted by Crippen LogP contribution is 2.20. The largest absolute Gasteiger partial charge is 0.350 e. The summed E-state index contributed by atoms with van der Waals surface area (Å²) in [4.78, 5) is 13.3. The van der Waals surface area contributed by atoms with Gasteiger partial charge in [0.25, 0.3) is 0 Å². The molecule has 5 nitrogen and oxygen atoms in total. The lowest BCUT2D eigenvalue weighted by Gasteiger charge is -2.12. The molecule has 3 rings (SSSR count). The van der Waals surface area contributed by atoms with Crippen LogP contribution in [0.3, 0.4) is 0 Å². The maximum Gasteiger partial charge on any atom is 0.200 e. The summed E-state index contributed by atoms with van der Waals surface area (Å²) >= 11 is 0. The first-order valence-electron chi connectivity index (χ1n) is 6.56. The van der Waals surface area contributed by atoms with Gasteiger partial charge in [-0.05, 0) is 18.2 Å². The summed E-state index contributed by atoms with van der Waals surface area (Å²) in [5.74, 6) is 0.553. The Morgan fingerprint density at radius 2 is 1.71 bits per heavy atom. The highest BCUT2D eigenvalue weighted by molar-refractivity contribution is 5.80. The van der Waals surface area contributed by atoms with Crippen LogP contribution in [-0.2, 0) is 9.47 Å². The Morgan fingerprint density at radius 3 is 2.52 bits per heavy atom. The second-order valence-electron chi connectivity index (χ2n) is 4.50. The van der Waals surface area contributed by atoms with Gasteiger partial charge in [0.1, 0.15) is 11.4 Å². The van der Waals surface area contributed by atoms with Gasteiger partial charge < -0.3 is 9.47 Å². The summed E-state index contributed by atoms with van der Waals surface area (Å²) in [5, 5.41) is 1.09. The number of rotatable bonds is 4. The van der Waals surface area contributed by atoms with Crippen LogP contribution in [0.25, 0.3) is 22.4 Å². The third kappa shape index (κ3) is 2.74. The number of fused-ring (bicyclic) bond motifs is 1. The van der Waals surface area contributed by atoms with Crippen LogP contribution in [0.15, 0.2) is 48.7 Å². The first kappa shape index (κ1) is 13.6. The van der Waals surface area contributed by atoms with Crippen LogP contribution >= 0.6 is 0 Å². The Kier molecular flexibility index (Phi) is 3.85. The molecule has 0 spiro atoms. The minimum absolute atomic E-state index is 0.507. The van der Waals surface area contributed by atoms with Crippen molar-refractivity contribution in [2.24, 2.45) is 0 Å². The lowest BCUT2D eigenvalue weighted by molar-refractivity contribution is -0.108. The van der Waals surface area contributed by atoms with Crippen molar-refractivity contribution in [3.05, 3.63) is 54.4 Å². The number of methoxy groups -OCH3 is 2. The van der Waals surface area contributed by atoms with Crippen molar-refractivity contribution < 1.29 is 9.47 Å². The lowest BCUT2D eigenvalue weighted by Crippen LogP contribution is -2.07. The maximum absolute atomic E-state index is 5.21. The molecule has 0 aliphatic carbocycles. The number of hydrogen-bond donors (Lipinski definition) is 0. The first-order valence-corrected chi connectivity index (χ1v) is 6.56. The molecule has 2 aromatic heterocycles. The van der Waals surface area contributed by atoms with Crippen LogP contribution in [0, 0.1) is 0 Å². The molecule has 0 bridgehead atoms. The molecule has 3 aromatic rings. The van der Waals surface area contributed by atoms with Gasteiger partial charge in [0.2, 0.25) is 6.29 Å². The van der Waals surface area contributed by atoms with E-state index in [0.717, 1.165) is 16.6 Å². The number of hydrogen-bond acceptors (Lipinski definition) is 5. The molecule has 0 unspecified atom stereocenters. The maximum atomic E-state index is 5.21. The molecule has 0 aliphatic rings. The van der Waals surface area contributed by atoms with Crippen molar-refractivity contribution >= 4 is 10.9 Å². The van der Waals surface area contributed by atoms with Crippen LogP contribution in [0.2, 0.25) is 0 Å². The minimum Gasteiger partial charge on any atom is -0.350 e. The molecule has 5 heteroatoms. The van der Waals surface area contributed by atoms with Gasteiger partial charge in [-0.15, -0.1) is 0 Å². The Labute approximate surface area is 122 Å². The van der Waals surface area contributed by atoms with Gasteiger partial charge in [0.15, 0.2) is 5.82 Å². The molecular weight excluding hydrogens is 266 g/mol. The molecule has 0 aliphatic heterocycles. The van der Waals surface area contributed by atoms with Crippen molar-refractivity contribution in [3.63, 3.8) is 0 Å². The summed E-state index contributed by atoms with van der Waals surface area (Å²) in [7, 11) is 3.15. The molecule has 0 N–H and O–H groups in total. The first-order chi connectivity index (χ1) is 10.3. The molecule has 106 valence electrons. The average Bonchev–Trinajstić information content (AvgIpc) is 2.56. The highest BCUT2D eigenvalue weighted by Gasteiger charge is 2.13. The normalized spacial score (nSPS) is 11.2. The predicted molar refractivity (Wildman–Crippen MR) is 79.5 cm³/mol. The van der Waals surface area contributed by atoms with Crippen LogP contribution in [0.1, 0.15) is 12.0 Å². The second-order valence-corrected chi connectivity index (χ2v) is 4.50. The third-order valence-corrected chi connectivity index (χ3v) is 3.17. The minimum atomic E-state index is -0.507. The molecule has 0 radical (unpaired) electrons. The van der Waals surface area contributed by atoms with E-state index >= 15 is 0 Å². The van der Waals surface area contributed by atoms with E-state index in [9.17, 15) is 0 Å². The molecule has 21 heavy (non-hydrogen) atoms. The van der Waals surface area contributed by atoms with E-state index in [0.29, 0.717) is 11.5 Å². The van der Waals surface area contributed by atoms with Crippen LogP contribution in [0.5, 0.6) is 0 Å². The van der Waals surface area contributed by atoms with E-state index < -0.39 is 6.29 Å². The van der Waals surface area contributed by atoms with Crippen LogP contribution < -0.4 is 0 Å². The van der Waals surface area contributed by atoms with E-state index in [-0.39, 0.29) is 0 Å². The Morgan fingerprint density at radius 1 is 0.905 bits per heavy atom. The van der Waals surface area contributed by atoms with Crippen molar-refractivity contribution in [2.45, 2.75) is 6.29 Å². The average molecular weight is 281 g/mol. The molecule has 1 aromatic carbocycles. The highest BCUT2D eigenvalue weighted by atomic mass is 16.7. The lowest BCUT2D eigenvalue weighted by atomic mass is 10.2. The zero-order valence-corrected chi connectivity index (χ0v) is 11.9. The number of nitrogens with zero attached hydrogens (tertiary/aromatic N) is 3. The summed E-state index contributed by atoms with van der Waals surface area (Å²) in [6, 6.07) is 13.6. The van der Waals surface area contributed by atoms with Gasteiger partial charge in [-0.25, -0.2) is 15.0 Å². The van der Waals surface area contributed by atoms with E-state index in [1.54, 1.807) is 26.5 Å². The fourth-order valence-electron chi connectivity index (χ4n) is 2.16. The SMILES string of the molecule is COC(OC)c1ccnc(-c2ccc3ccccc3n2)n1. The van der Waals surface area contributed by atoms with E-state index in [2.05, 4.69) is 15.0 Å². The number of aromatic nitrogens is 3. The molecule has 0 fully saturated rings. The van der Waals surface area contributed by atoms with Gasteiger partial charge in [-0.2, -0.15) is 0 Å². The van der Waals surface area contributed by atoms with Gasteiger partial charge >= 0.3 is 0 Å². The third-order valence-electron chi connectivity index (χ3n) is 3.17. The fraction of sp³-hybridized carbons (Fsp3) is 0.188. The number of para-hydroxylation sites is 1. The smallest absolute Gasteiger partial charge is 0.200 e. The summed E-state index contributed by atoms with van der Waals surface area (Å²) in [6.07, 6.45) is 1.17. The Bertz CT molecular complexity index is 757. The zero-order chi connectivity index (χ0) is 14.7. The molecule has 0 saturated carbocycles. The van der Waals surface area contributed by atoms with E-state index in [4.69, 9.17) is 9.47 Å². The molecule has 0 amide bonds. The van der Waals surface area contributed by atoms with Gasteiger partial charge in [0.05, 0.1) is 5.52 Å². The van der Waals surface area contributed by atoms with Gasteiger partial charge in [-0.1, -0.05) is 24.3 Å². The predicted octanol–water partition coefficient (Wildman–Crippen LogP) is 2.98. The van der Waals surface area contributed by atoms with Crippen molar-refractivity contribution in [1.29, 1.82) is 0 Å².